The minimum Gasteiger partial charge on any atom is -0.465 e. The number of thioether (sulfide) groups is 1. The molecule has 1 aromatic rings. The van der Waals surface area contributed by atoms with Gasteiger partial charge in [-0.05, 0) is 13.3 Å². The Morgan fingerprint density at radius 2 is 2.05 bits per heavy atom. The zero-order valence-corrected chi connectivity index (χ0v) is 13.5. The highest BCUT2D eigenvalue weighted by Crippen LogP contribution is 2.22. The maximum Gasteiger partial charge on any atom is 0.357 e. The van der Waals surface area contributed by atoms with Crippen LogP contribution in [0.5, 0.6) is 0 Å². The van der Waals surface area contributed by atoms with E-state index >= 15 is 0 Å². The lowest BCUT2D eigenvalue weighted by atomic mass is 10.2. The average molecular weight is 314 g/mol. The van der Waals surface area contributed by atoms with Gasteiger partial charge in [0.05, 0.1) is 6.61 Å². The number of hydrogen-bond acceptors (Lipinski definition) is 6. The molecular formula is C14H22N2O4S. The van der Waals surface area contributed by atoms with E-state index in [9.17, 15) is 9.59 Å². The van der Waals surface area contributed by atoms with Gasteiger partial charge in [-0.1, -0.05) is 13.3 Å². The van der Waals surface area contributed by atoms with Gasteiger partial charge in [0.25, 0.3) is 0 Å². The maximum atomic E-state index is 11.9. The normalized spacial score (nSPS) is 10.4. The standard InChI is InChI=1S/C14H22N2O4S/c1-4-6-7-11-15-12(14(18)19-5-2)13(16-11)21-9-8-20-10(3)17/h4-9H2,1-3H3,(H,15,16). The summed E-state index contributed by atoms with van der Waals surface area (Å²) in [7, 11) is 0. The van der Waals surface area contributed by atoms with Crippen LogP contribution in [0.15, 0.2) is 5.03 Å². The Kier molecular flexibility index (Phi) is 7.89. The predicted octanol–water partition coefficient (Wildman–Crippen LogP) is 2.58. The van der Waals surface area contributed by atoms with Gasteiger partial charge >= 0.3 is 11.9 Å². The number of aromatic nitrogens is 2. The van der Waals surface area contributed by atoms with Crippen LogP contribution in [0.1, 0.15) is 49.9 Å². The molecule has 0 unspecified atom stereocenters. The Bertz CT molecular complexity index is 474. The van der Waals surface area contributed by atoms with Gasteiger partial charge in [-0.2, -0.15) is 0 Å². The minimum absolute atomic E-state index is 0.291. The van der Waals surface area contributed by atoms with E-state index in [1.54, 1.807) is 6.92 Å². The Balaban J connectivity index is 2.70. The van der Waals surface area contributed by atoms with Gasteiger partial charge in [-0.25, -0.2) is 9.78 Å². The molecule has 0 aliphatic rings. The van der Waals surface area contributed by atoms with Crippen LogP contribution < -0.4 is 0 Å². The molecule has 0 amide bonds. The number of unbranched alkanes of at least 4 members (excludes halogenated alkanes) is 1. The summed E-state index contributed by atoms with van der Waals surface area (Å²) >= 11 is 1.38. The summed E-state index contributed by atoms with van der Waals surface area (Å²) in [6, 6.07) is 0. The van der Waals surface area contributed by atoms with Gasteiger partial charge < -0.3 is 14.5 Å². The molecule has 0 atom stereocenters. The molecule has 1 N–H and O–H groups in total. The van der Waals surface area contributed by atoms with Crippen molar-refractivity contribution in [2.24, 2.45) is 0 Å². The molecule has 0 aliphatic carbocycles. The SMILES string of the molecule is CCCCc1nc(SCCOC(C)=O)c(C(=O)OCC)[nH]1. The second-order valence-electron chi connectivity index (χ2n) is 4.38. The summed E-state index contributed by atoms with van der Waals surface area (Å²) in [5.74, 6) is 0.619. The van der Waals surface area contributed by atoms with Crippen molar-refractivity contribution in [3.8, 4) is 0 Å². The fraction of sp³-hybridized carbons (Fsp3) is 0.643. The number of ether oxygens (including phenoxy) is 2. The first-order valence-electron chi connectivity index (χ1n) is 7.10. The van der Waals surface area contributed by atoms with Crippen LogP contribution in [0.3, 0.4) is 0 Å². The monoisotopic (exact) mass is 314 g/mol. The van der Waals surface area contributed by atoms with Crippen molar-refractivity contribution >= 4 is 23.7 Å². The van der Waals surface area contributed by atoms with E-state index in [2.05, 4.69) is 16.9 Å². The second-order valence-corrected chi connectivity index (χ2v) is 5.46. The average Bonchev–Trinajstić information content (AvgIpc) is 2.84. The lowest BCUT2D eigenvalue weighted by molar-refractivity contribution is -0.140. The van der Waals surface area contributed by atoms with E-state index in [0.717, 1.165) is 25.1 Å². The van der Waals surface area contributed by atoms with Crippen molar-refractivity contribution in [1.29, 1.82) is 0 Å². The highest BCUT2D eigenvalue weighted by Gasteiger charge is 2.18. The van der Waals surface area contributed by atoms with Crippen LogP contribution in [0.25, 0.3) is 0 Å². The number of hydrogen-bond donors (Lipinski definition) is 1. The molecule has 0 spiro atoms. The number of H-pyrrole nitrogens is 1. The maximum absolute atomic E-state index is 11.9. The fourth-order valence-corrected chi connectivity index (χ4v) is 2.45. The number of aryl methyl sites for hydroxylation is 1. The van der Waals surface area contributed by atoms with E-state index < -0.39 is 5.97 Å². The first-order chi connectivity index (χ1) is 10.1. The smallest absolute Gasteiger partial charge is 0.357 e. The number of carbonyl (C=O) groups is 2. The topological polar surface area (TPSA) is 81.3 Å². The molecule has 0 saturated heterocycles. The summed E-state index contributed by atoms with van der Waals surface area (Å²) < 4.78 is 9.89. The third-order valence-corrected chi connectivity index (χ3v) is 3.53. The van der Waals surface area contributed by atoms with Gasteiger partial charge in [-0.15, -0.1) is 11.8 Å². The van der Waals surface area contributed by atoms with Crippen LogP contribution >= 0.6 is 11.8 Å². The zero-order valence-electron chi connectivity index (χ0n) is 12.7. The summed E-state index contributed by atoms with van der Waals surface area (Å²) in [4.78, 5) is 30.1. The second kappa shape index (κ2) is 9.44. The lowest BCUT2D eigenvalue weighted by Crippen LogP contribution is -2.07. The molecule has 1 rings (SSSR count). The Labute approximate surface area is 129 Å². The highest BCUT2D eigenvalue weighted by molar-refractivity contribution is 7.99. The van der Waals surface area contributed by atoms with Crippen molar-refractivity contribution in [1.82, 2.24) is 9.97 Å². The number of carbonyl (C=O) groups excluding carboxylic acids is 2. The molecule has 6 nitrogen and oxygen atoms in total. The van der Waals surface area contributed by atoms with Crippen molar-refractivity contribution in [3.05, 3.63) is 11.5 Å². The summed E-state index contributed by atoms with van der Waals surface area (Å²) in [5.41, 5.74) is 0.385. The molecule has 1 heterocycles. The molecule has 1 aromatic heterocycles. The number of nitrogens with one attached hydrogen (secondary N) is 1. The summed E-state index contributed by atoms with van der Waals surface area (Å²) in [5, 5.41) is 0.603. The van der Waals surface area contributed by atoms with Gasteiger partial charge in [0, 0.05) is 19.1 Å². The summed E-state index contributed by atoms with van der Waals surface area (Å²) in [6.45, 7) is 5.84. The molecule has 0 aromatic carbocycles. The molecule has 0 aliphatic heterocycles. The molecule has 0 saturated carbocycles. The van der Waals surface area contributed by atoms with E-state index in [4.69, 9.17) is 9.47 Å². The first kappa shape index (κ1) is 17.6. The van der Waals surface area contributed by atoms with Gasteiger partial charge in [-0.3, -0.25) is 4.79 Å². The molecule has 0 fully saturated rings. The zero-order chi connectivity index (χ0) is 15.7. The Hall–Kier alpha value is -1.50. The highest BCUT2D eigenvalue weighted by atomic mass is 32.2. The first-order valence-corrected chi connectivity index (χ1v) is 8.09. The van der Waals surface area contributed by atoms with Crippen molar-refractivity contribution in [3.63, 3.8) is 0 Å². The number of imidazole rings is 1. The van der Waals surface area contributed by atoms with Crippen molar-refractivity contribution < 1.29 is 19.1 Å². The molecule has 0 bridgehead atoms. The largest absolute Gasteiger partial charge is 0.465 e. The van der Waals surface area contributed by atoms with E-state index in [1.807, 2.05) is 0 Å². The number of esters is 2. The Morgan fingerprint density at radius 3 is 2.67 bits per heavy atom. The fourth-order valence-electron chi connectivity index (χ4n) is 1.64. The van der Waals surface area contributed by atoms with Crippen LogP contribution in [0.4, 0.5) is 0 Å². The van der Waals surface area contributed by atoms with E-state index in [0.29, 0.717) is 29.7 Å². The van der Waals surface area contributed by atoms with Crippen LogP contribution in [-0.2, 0) is 20.7 Å². The molecule has 118 valence electrons. The number of nitrogens with zero attached hydrogens (tertiary/aromatic N) is 1. The van der Waals surface area contributed by atoms with Crippen LogP contribution in [0.2, 0.25) is 0 Å². The lowest BCUT2D eigenvalue weighted by Gasteiger charge is -2.03. The van der Waals surface area contributed by atoms with E-state index in [1.165, 1.54) is 18.7 Å². The third kappa shape index (κ3) is 6.20. The minimum atomic E-state index is -0.400. The van der Waals surface area contributed by atoms with Crippen molar-refractivity contribution in [2.45, 2.75) is 45.1 Å². The molecule has 21 heavy (non-hydrogen) atoms. The van der Waals surface area contributed by atoms with E-state index in [-0.39, 0.29) is 5.97 Å². The third-order valence-electron chi connectivity index (χ3n) is 2.59. The van der Waals surface area contributed by atoms with Gasteiger partial charge in [0.2, 0.25) is 0 Å². The quantitative estimate of drug-likeness (QED) is 0.428. The number of rotatable bonds is 9. The number of aromatic amines is 1. The molecule has 0 radical (unpaired) electrons. The predicted molar refractivity (Wildman–Crippen MR) is 80.5 cm³/mol. The van der Waals surface area contributed by atoms with Crippen LogP contribution in [0, 0.1) is 0 Å². The molecule has 7 heteroatoms. The van der Waals surface area contributed by atoms with Crippen LogP contribution in [-0.4, -0.2) is 40.9 Å². The summed E-state index contributed by atoms with van der Waals surface area (Å²) in [6.07, 6.45) is 2.87. The van der Waals surface area contributed by atoms with Gasteiger partial charge in [0.15, 0.2) is 5.69 Å². The van der Waals surface area contributed by atoms with Gasteiger partial charge in [0.1, 0.15) is 17.5 Å². The molecular weight excluding hydrogens is 292 g/mol. The van der Waals surface area contributed by atoms with Crippen molar-refractivity contribution in [2.75, 3.05) is 19.0 Å². The Morgan fingerprint density at radius 1 is 1.29 bits per heavy atom.